The fraction of sp³-hybridized carbons (Fsp3) is 0.154. The number of hydrogen-bond acceptors (Lipinski definition) is 8. The molecule has 0 bridgehead atoms. The Labute approximate surface area is 130 Å². The Morgan fingerprint density at radius 2 is 1.30 bits per heavy atom. The highest BCUT2D eigenvalue weighted by atomic mass is 16.4. The van der Waals surface area contributed by atoms with Crippen LogP contribution in [0, 0.1) is 0 Å². The average Bonchev–Trinajstić information content (AvgIpc) is 2.52. The molecule has 10 nitrogen and oxygen atoms in total. The number of anilines is 4. The summed E-state index contributed by atoms with van der Waals surface area (Å²) in [5.74, 6) is -2.00. The van der Waals surface area contributed by atoms with E-state index >= 15 is 0 Å². The van der Waals surface area contributed by atoms with Crippen molar-refractivity contribution in [2.75, 3.05) is 29.0 Å². The number of benzene rings is 1. The number of nitrogens with one attached hydrogen (secondary N) is 3. The molecule has 0 fully saturated rings. The van der Waals surface area contributed by atoms with Gasteiger partial charge in [-0.15, -0.1) is 0 Å². The van der Waals surface area contributed by atoms with Crippen molar-refractivity contribution in [3.05, 3.63) is 30.3 Å². The Morgan fingerprint density at radius 3 is 1.78 bits per heavy atom. The number of aliphatic carboxylic acids is 2. The van der Waals surface area contributed by atoms with E-state index in [4.69, 9.17) is 10.2 Å². The van der Waals surface area contributed by atoms with Gasteiger partial charge in [0, 0.05) is 5.69 Å². The van der Waals surface area contributed by atoms with Crippen molar-refractivity contribution in [2.45, 2.75) is 0 Å². The monoisotopic (exact) mass is 318 g/mol. The van der Waals surface area contributed by atoms with Gasteiger partial charge in [0.2, 0.25) is 17.8 Å². The van der Waals surface area contributed by atoms with Gasteiger partial charge in [0.25, 0.3) is 0 Å². The van der Waals surface area contributed by atoms with E-state index in [0.717, 1.165) is 0 Å². The maximum Gasteiger partial charge on any atom is 0.322 e. The smallest absolute Gasteiger partial charge is 0.322 e. The van der Waals surface area contributed by atoms with Crippen LogP contribution in [0.25, 0.3) is 0 Å². The minimum atomic E-state index is -1.08. The average molecular weight is 318 g/mol. The van der Waals surface area contributed by atoms with E-state index in [1.54, 1.807) is 12.1 Å². The molecule has 0 saturated carbocycles. The molecule has 1 aromatic heterocycles. The Hall–Kier alpha value is -3.43. The lowest BCUT2D eigenvalue weighted by Gasteiger charge is -2.09. The second kappa shape index (κ2) is 7.54. The first kappa shape index (κ1) is 15.9. The third-order valence-electron chi connectivity index (χ3n) is 2.46. The second-order valence-corrected chi connectivity index (χ2v) is 4.29. The van der Waals surface area contributed by atoms with Crippen LogP contribution in [-0.4, -0.2) is 50.2 Å². The Bertz CT molecular complexity index is 658. The third-order valence-corrected chi connectivity index (χ3v) is 2.46. The largest absolute Gasteiger partial charge is 0.480 e. The molecule has 0 unspecified atom stereocenters. The van der Waals surface area contributed by atoms with Gasteiger partial charge in [-0.05, 0) is 12.1 Å². The van der Waals surface area contributed by atoms with Crippen molar-refractivity contribution in [1.82, 2.24) is 15.0 Å². The van der Waals surface area contributed by atoms with Crippen LogP contribution in [0.15, 0.2) is 30.3 Å². The van der Waals surface area contributed by atoms with Gasteiger partial charge in [0.15, 0.2) is 0 Å². The molecule has 2 aromatic rings. The molecule has 120 valence electrons. The maximum absolute atomic E-state index is 10.6. The number of carboxylic acids is 2. The van der Waals surface area contributed by atoms with Gasteiger partial charge >= 0.3 is 11.9 Å². The van der Waals surface area contributed by atoms with Gasteiger partial charge in [0.1, 0.15) is 13.1 Å². The number of hydrogen-bond donors (Lipinski definition) is 5. The topological polar surface area (TPSA) is 149 Å². The quantitative estimate of drug-likeness (QED) is 0.468. The SMILES string of the molecule is O=C(O)CNc1nc(NCC(=O)O)nc(Nc2ccccc2)n1. The van der Waals surface area contributed by atoms with E-state index in [1.165, 1.54) is 0 Å². The normalized spacial score (nSPS) is 9.91. The molecule has 23 heavy (non-hydrogen) atoms. The molecule has 5 N–H and O–H groups in total. The molecule has 10 heteroatoms. The lowest BCUT2D eigenvalue weighted by atomic mass is 10.3. The highest BCUT2D eigenvalue weighted by Gasteiger charge is 2.09. The number of carboxylic acid groups (broad SMARTS) is 2. The molecular formula is C13H14N6O4. The van der Waals surface area contributed by atoms with Gasteiger partial charge in [-0.1, -0.05) is 18.2 Å². The zero-order chi connectivity index (χ0) is 16.7. The number of nitrogens with zero attached hydrogens (tertiary/aromatic N) is 3. The van der Waals surface area contributed by atoms with Crippen molar-refractivity contribution in [1.29, 1.82) is 0 Å². The van der Waals surface area contributed by atoms with Gasteiger partial charge < -0.3 is 26.2 Å². The number of carbonyl (C=O) groups is 2. The molecule has 0 saturated heterocycles. The highest BCUT2D eigenvalue weighted by molar-refractivity contribution is 5.73. The first-order valence-electron chi connectivity index (χ1n) is 6.52. The minimum Gasteiger partial charge on any atom is -0.480 e. The van der Waals surface area contributed by atoms with Gasteiger partial charge in [-0.3, -0.25) is 9.59 Å². The molecule has 0 radical (unpaired) electrons. The van der Waals surface area contributed by atoms with Crippen molar-refractivity contribution in [3.63, 3.8) is 0 Å². The van der Waals surface area contributed by atoms with Gasteiger partial charge in [0.05, 0.1) is 0 Å². The summed E-state index contributed by atoms with van der Waals surface area (Å²) in [4.78, 5) is 33.2. The summed E-state index contributed by atoms with van der Waals surface area (Å²) in [6.07, 6.45) is 0. The lowest BCUT2D eigenvalue weighted by Crippen LogP contribution is -2.18. The zero-order valence-corrected chi connectivity index (χ0v) is 11.9. The molecule has 0 spiro atoms. The van der Waals surface area contributed by atoms with Crippen LogP contribution >= 0.6 is 0 Å². The first-order chi connectivity index (χ1) is 11.0. The predicted molar refractivity (Wildman–Crippen MR) is 81.8 cm³/mol. The van der Waals surface area contributed by atoms with Crippen LogP contribution < -0.4 is 16.0 Å². The summed E-state index contributed by atoms with van der Waals surface area (Å²) < 4.78 is 0. The molecule has 1 aromatic carbocycles. The molecule has 2 rings (SSSR count). The van der Waals surface area contributed by atoms with E-state index in [0.29, 0.717) is 5.69 Å². The fourth-order valence-electron chi connectivity index (χ4n) is 1.55. The van der Waals surface area contributed by atoms with E-state index in [2.05, 4.69) is 30.9 Å². The number of rotatable bonds is 8. The summed E-state index contributed by atoms with van der Waals surface area (Å²) in [7, 11) is 0. The Morgan fingerprint density at radius 1 is 0.826 bits per heavy atom. The minimum absolute atomic E-state index is 0.00807. The Kier molecular flexibility index (Phi) is 5.23. The Balaban J connectivity index is 2.20. The molecule has 0 amide bonds. The van der Waals surface area contributed by atoms with Gasteiger partial charge in [-0.25, -0.2) is 0 Å². The summed E-state index contributed by atoms with van der Waals surface area (Å²) in [5.41, 5.74) is 0.715. The van der Waals surface area contributed by atoms with Crippen LogP contribution in [0.5, 0.6) is 0 Å². The fourth-order valence-corrected chi connectivity index (χ4v) is 1.55. The van der Waals surface area contributed by atoms with Crippen LogP contribution in [-0.2, 0) is 9.59 Å². The zero-order valence-electron chi connectivity index (χ0n) is 11.9. The molecule has 1 heterocycles. The van der Waals surface area contributed by atoms with Crippen molar-refractivity contribution in [2.24, 2.45) is 0 Å². The van der Waals surface area contributed by atoms with Crippen LogP contribution in [0.4, 0.5) is 23.5 Å². The summed E-state index contributed by atoms with van der Waals surface area (Å²) in [5, 5.41) is 25.3. The third kappa shape index (κ3) is 5.46. The molecule has 0 aliphatic rings. The molecular weight excluding hydrogens is 304 g/mol. The summed E-state index contributed by atoms with van der Waals surface area (Å²) >= 11 is 0. The van der Waals surface area contributed by atoms with E-state index in [-0.39, 0.29) is 30.9 Å². The molecule has 0 aliphatic carbocycles. The van der Waals surface area contributed by atoms with E-state index in [1.807, 2.05) is 18.2 Å². The van der Waals surface area contributed by atoms with Gasteiger partial charge in [-0.2, -0.15) is 15.0 Å². The van der Waals surface area contributed by atoms with Crippen molar-refractivity contribution < 1.29 is 19.8 Å². The number of aromatic nitrogens is 3. The summed E-state index contributed by atoms with van der Waals surface area (Å²) in [6, 6.07) is 9.06. The first-order valence-corrected chi connectivity index (χ1v) is 6.52. The van der Waals surface area contributed by atoms with E-state index < -0.39 is 11.9 Å². The van der Waals surface area contributed by atoms with Crippen LogP contribution in [0.2, 0.25) is 0 Å². The predicted octanol–water partition coefficient (Wildman–Crippen LogP) is 0.608. The van der Waals surface area contributed by atoms with Crippen LogP contribution in [0.1, 0.15) is 0 Å². The van der Waals surface area contributed by atoms with Crippen LogP contribution in [0.3, 0.4) is 0 Å². The molecule has 0 aliphatic heterocycles. The lowest BCUT2D eigenvalue weighted by molar-refractivity contribution is -0.135. The standard InChI is InChI=1S/C13H14N6O4/c20-9(21)6-14-11-17-12(15-7-10(22)23)19-13(18-11)16-8-4-2-1-3-5-8/h1-5H,6-7H2,(H,20,21)(H,22,23)(H3,14,15,16,17,18,19). The van der Waals surface area contributed by atoms with Crippen molar-refractivity contribution in [3.8, 4) is 0 Å². The summed E-state index contributed by atoms with van der Waals surface area (Å²) in [6.45, 7) is -0.764. The highest BCUT2D eigenvalue weighted by Crippen LogP contribution is 2.15. The molecule has 0 atom stereocenters. The maximum atomic E-state index is 10.6. The number of para-hydroxylation sites is 1. The van der Waals surface area contributed by atoms with E-state index in [9.17, 15) is 9.59 Å². The second-order valence-electron chi connectivity index (χ2n) is 4.29. The van der Waals surface area contributed by atoms with Crippen molar-refractivity contribution >= 4 is 35.5 Å².